The maximum atomic E-state index is 11.6. The SMILES string of the molecule is CNCC1CCCN(c2nccc(C=C3SC(=O)NC3=O)n2)C1. The molecule has 23 heavy (non-hydrogen) atoms. The second kappa shape index (κ2) is 7.10. The summed E-state index contributed by atoms with van der Waals surface area (Å²) in [6.07, 6.45) is 5.65. The van der Waals surface area contributed by atoms with Crippen molar-refractivity contribution < 1.29 is 9.59 Å². The fraction of sp³-hybridized carbons (Fsp3) is 0.467. The molecular weight excluding hydrogens is 314 g/mol. The molecule has 0 spiro atoms. The van der Waals surface area contributed by atoms with Crippen molar-refractivity contribution >= 4 is 34.9 Å². The van der Waals surface area contributed by atoms with Gasteiger partial charge in [0.1, 0.15) is 0 Å². The first-order valence-electron chi connectivity index (χ1n) is 7.63. The fourth-order valence-corrected chi connectivity index (χ4v) is 3.52. The topological polar surface area (TPSA) is 87.2 Å². The highest BCUT2D eigenvalue weighted by atomic mass is 32.2. The van der Waals surface area contributed by atoms with Gasteiger partial charge >= 0.3 is 0 Å². The minimum atomic E-state index is -0.368. The van der Waals surface area contributed by atoms with Crippen LogP contribution in [0.3, 0.4) is 0 Å². The molecule has 7 nitrogen and oxygen atoms in total. The van der Waals surface area contributed by atoms with Crippen LogP contribution in [0.1, 0.15) is 18.5 Å². The smallest absolute Gasteiger partial charge is 0.290 e. The lowest BCUT2D eigenvalue weighted by Gasteiger charge is -2.32. The van der Waals surface area contributed by atoms with Crippen molar-refractivity contribution in [1.29, 1.82) is 0 Å². The minimum Gasteiger partial charge on any atom is -0.340 e. The number of aromatic nitrogens is 2. The van der Waals surface area contributed by atoms with Gasteiger partial charge in [0.15, 0.2) is 0 Å². The van der Waals surface area contributed by atoms with Gasteiger partial charge in [-0.25, -0.2) is 9.97 Å². The van der Waals surface area contributed by atoms with E-state index in [4.69, 9.17) is 0 Å². The van der Waals surface area contributed by atoms with Crippen LogP contribution in [0.2, 0.25) is 0 Å². The Hall–Kier alpha value is -1.93. The summed E-state index contributed by atoms with van der Waals surface area (Å²) >= 11 is 0.896. The van der Waals surface area contributed by atoms with Crippen LogP contribution in [0.5, 0.6) is 0 Å². The molecule has 2 aliphatic heterocycles. The molecular formula is C15H19N5O2S. The first-order valence-corrected chi connectivity index (χ1v) is 8.45. The Balaban J connectivity index is 1.76. The van der Waals surface area contributed by atoms with E-state index < -0.39 is 0 Å². The highest BCUT2D eigenvalue weighted by Gasteiger charge is 2.25. The molecule has 3 heterocycles. The number of hydrogen-bond donors (Lipinski definition) is 2. The average Bonchev–Trinajstić information content (AvgIpc) is 2.86. The minimum absolute atomic E-state index is 0.346. The molecule has 2 N–H and O–H groups in total. The van der Waals surface area contributed by atoms with E-state index in [1.54, 1.807) is 18.3 Å². The fourth-order valence-electron chi connectivity index (χ4n) is 2.85. The zero-order valence-corrected chi connectivity index (χ0v) is 13.7. The number of nitrogens with zero attached hydrogens (tertiary/aromatic N) is 3. The predicted molar refractivity (Wildman–Crippen MR) is 90.0 cm³/mol. The maximum Gasteiger partial charge on any atom is 0.290 e. The monoisotopic (exact) mass is 333 g/mol. The van der Waals surface area contributed by atoms with Crippen LogP contribution >= 0.6 is 11.8 Å². The molecule has 2 amide bonds. The van der Waals surface area contributed by atoms with E-state index in [1.165, 1.54) is 6.42 Å². The van der Waals surface area contributed by atoms with E-state index in [2.05, 4.69) is 25.5 Å². The van der Waals surface area contributed by atoms with Gasteiger partial charge in [-0.2, -0.15) is 0 Å². The van der Waals surface area contributed by atoms with Gasteiger partial charge in [-0.15, -0.1) is 0 Å². The molecule has 0 aliphatic carbocycles. The molecule has 8 heteroatoms. The van der Waals surface area contributed by atoms with Crippen molar-refractivity contribution in [2.45, 2.75) is 12.8 Å². The van der Waals surface area contributed by atoms with Gasteiger partial charge in [-0.1, -0.05) is 0 Å². The zero-order chi connectivity index (χ0) is 16.2. The number of thioether (sulfide) groups is 1. The third-order valence-corrected chi connectivity index (χ3v) is 4.69. The molecule has 122 valence electrons. The van der Waals surface area contributed by atoms with Gasteiger partial charge in [-0.05, 0) is 56.3 Å². The summed E-state index contributed by atoms with van der Waals surface area (Å²) in [5.74, 6) is 0.898. The van der Waals surface area contributed by atoms with Crippen LogP contribution in [0.4, 0.5) is 10.7 Å². The quantitative estimate of drug-likeness (QED) is 0.802. The summed E-state index contributed by atoms with van der Waals surface area (Å²) in [6.45, 7) is 2.85. The van der Waals surface area contributed by atoms with Gasteiger partial charge in [-0.3, -0.25) is 14.9 Å². The van der Waals surface area contributed by atoms with Crippen LogP contribution in [-0.4, -0.2) is 47.8 Å². The standard InChI is InChI=1S/C15H19N5O2S/c1-16-8-10-3-2-6-20(9-10)14-17-5-4-11(18-14)7-12-13(21)19-15(22)23-12/h4-5,7,10,16H,2-3,6,8-9H2,1H3,(H,19,21,22). The Labute approximate surface area is 138 Å². The van der Waals surface area contributed by atoms with Gasteiger partial charge in [0.05, 0.1) is 10.6 Å². The summed E-state index contributed by atoms with van der Waals surface area (Å²) < 4.78 is 0. The van der Waals surface area contributed by atoms with Crippen LogP contribution in [0.15, 0.2) is 17.2 Å². The van der Waals surface area contributed by atoms with Gasteiger partial charge in [0.25, 0.3) is 11.1 Å². The van der Waals surface area contributed by atoms with Gasteiger partial charge < -0.3 is 10.2 Å². The van der Waals surface area contributed by atoms with Crippen molar-refractivity contribution in [2.24, 2.45) is 5.92 Å². The van der Waals surface area contributed by atoms with Crippen LogP contribution in [-0.2, 0) is 4.79 Å². The summed E-state index contributed by atoms with van der Waals surface area (Å²) in [4.78, 5) is 34.3. The highest BCUT2D eigenvalue weighted by Crippen LogP contribution is 2.26. The van der Waals surface area contributed by atoms with Crippen molar-refractivity contribution in [1.82, 2.24) is 20.6 Å². The molecule has 2 saturated heterocycles. The Kier molecular flexibility index (Phi) is 4.92. The third-order valence-electron chi connectivity index (χ3n) is 3.88. The van der Waals surface area contributed by atoms with Gasteiger partial charge in [0, 0.05) is 19.3 Å². The summed E-state index contributed by atoms with van der Waals surface area (Å²) in [5.41, 5.74) is 0.637. The van der Waals surface area contributed by atoms with Crippen molar-refractivity contribution in [3.63, 3.8) is 0 Å². The molecule has 1 aromatic rings. The first kappa shape index (κ1) is 15.9. The second-order valence-corrected chi connectivity index (χ2v) is 6.66. The summed E-state index contributed by atoms with van der Waals surface area (Å²) in [6, 6.07) is 1.74. The molecule has 2 fully saturated rings. The molecule has 1 atom stereocenters. The number of anilines is 1. The van der Waals surface area contributed by atoms with E-state index in [9.17, 15) is 9.59 Å². The Morgan fingerprint density at radius 3 is 3.13 bits per heavy atom. The predicted octanol–water partition coefficient (Wildman–Crippen LogP) is 1.24. The number of nitrogens with one attached hydrogen (secondary N) is 2. The molecule has 0 radical (unpaired) electrons. The second-order valence-electron chi connectivity index (χ2n) is 5.65. The lowest BCUT2D eigenvalue weighted by molar-refractivity contribution is -0.115. The van der Waals surface area contributed by atoms with Crippen molar-refractivity contribution in [3.05, 3.63) is 22.9 Å². The summed E-state index contributed by atoms with van der Waals surface area (Å²) in [7, 11) is 1.97. The zero-order valence-electron chi connectivity index (χ0n) is 12.9. The number of piperidine rings is 1. The van der Waals surface area contributed by atoms with E-state index in [1.807, 2.05) is 7.05 Å². The van der Waals surface area contributed by atoms with E-state index in [-0.39, 0.29) is 11.1 Å². The lowest BCUT2D eigenvalue weighted by Crippen LogP contribution is -2.39. The highest BCUT2D eigenvalue weighted by molar-refractivity contribution is 8.18. The average molecular weight is 333 g/mol. The molecule has 0 saturated carbocycles. The normalized spacial score (nSPS) is 23.4. The number of imide groups is 1. The number of carbonyl (C=O) groups excluding carboxylic acids is 2. The Morgan fingerprint density at radius 1 is 1.52 bits per heavy atom. The number of carbonyl (C=O) groups is 2. The molecule has 1 unspecified atom stereocenters. The number of rotatable bonds is 4. The van der Waals surface area contributed by atoms with E-state index in [0.29, 0.717) is 22.5 Å². The van der Waals surface area contributed by atoms with Crippen LogP contribution < -0.4 is 15.5 Å². The van der Waals surface area contributed by atoms with E-state index >= 15 is 0 Å². The number of amides is 2. The van der Waals surface area contributed by atoms with Gasteiger partial charge in [0.2, 0.25) is 5.95 Å². The molecule has 0 bridgehead atoms. The number of hydrogen-bond acceptors (Lipinski definition) is 7. The molecule has 1 aromatic heterocycles. The Morgan fingerprint density at radius 2 is 2.39 bits per heavy atom. The van der Waals surface area contributed by atoms with Crippen molar-refractivity contribution in [2.75, 3.05) is 31.6 Å². The summed E-state index contributed by atoms with van der Waals surface area (Å²) in [5, 5.41) is 5.12. The lowest BCUT2D eigenvalue weighted by atomic mass is 9.98. The molecule has 2 aliphatic rings. The first-order chi connectivity index (χ1) is 11.2. The molecule has 0 aromatic carbocycles. The van der Waals surface area contributed by atoms with E-state index in [0.717, 1.165) is 37.8 Å². The maximum absolute atomic E-state index is 11.6. The Bertz CT molecular complexity index is 647. The van der Waals surface area contributed by atoms with Crippen LogP contribution in [0, 0.1) is 5.92 Å². The van der Waals surface area contributed by atoms with Crippen molar-refractivity contribution in [3.8, 4) is 0 Å². The largest absolute Gasteiger partial charge is 0.340 e. The third kappa shape index (κ3) is 3.89. The molecule has 3 rings (SSSR count). The van der Waals surface area contributed by atoms with Crippen LogP contribution in [0.25, 0.3) is 6.08 Å².